The molecule has 1 spiro atoms. The van der Waals surface area contributed by atoms with Crippen molar-refractivity contribution < 1.29 is 4.74 Å². The predicted octanol–water partition coefficient (Wildman–Crippen LogP) is 2.62. The highest BCUT2D eigenvalue weighted by Crippen LogP contribution is 2.72. The van der Waals surface area contributed by atoms with E-state index in [9.17, 15) is 0 Å². The fourth-order valence-corrected chi connectivity index (χ4v) is 4.92. The van der Waals surface area contributed by atoms with Crippen molar-refractivity contribution >= 4 is 0 Å². The van der Waals surface area contributed by atoms with Crippen LogP contribution in [0.1, 0.15) is 26.7 Å². The van der Waals surface area contributed by atoms with E-state index in [0.29, 0.717) is 11.0 Å². The van der Waals surface area contributed by atoms with Crippen LogP contribution in [0.5, 0.6) is 0 Å². The van der Waals surface area contributed by atoms with Gasteiger partial charge in [-0.05, 0) is 29.6 Å². The number of fused-ring (bicyclic) bond motifs is 5. The third kappa shape index (κ3) is 0.589. The van der Waals surface area contributed by atoms with Crippen LogP contribution in [-0.4, -0.2) is 12.2 Å². The zero-order valence-electron chi connectivity index (χ0n) is 8.99. The molecule has 1 saturated heterocycles. The minimum Gasteiger partial charge on any atom is -0.369 e. The molecule has 76 valence electrons. The first-order chi connectivity index (χ1) is 6.68. The van der Waals surface area contributed by atoms with Gasteiger partial charge in [0.2, 0.25) is 0 Å². The first kappa shape index (κ1) is 7.92. The fraction of sp³-hybridized carbons (Fsp3) is 0.846. The minimum absolute atomic E-state index is 0.310. The standard InChI is InChI=1S/C13H18O/c1-8-3-4-9-11(8)13(7-14-13)10-5-6-12(9,10)2/h5-6,8-11H,3-4,7H2,1-2H3/t8-,9+,10-,11-,12-,13+/m1/s1. The summed E-state index contributed by atoms with van der Waals surface area (Å²) in [5.74, 6) is 3.45. The van der Waals surface area contributed by atoms with Crippen LogP contribution in [0.3, 0.4) is 0 Å². The molecule has 1 heteroatoms. The topological polar surface area (TPSA) is 12.5 Å². The molecule has 0 unspecified atom stereocenters. The number of allylic oxidation sites excluding steroid dienone is 1. The Kier molecular flexibility index (Phi) is 1.12. The number of rotatable bonds is 0. The van der Waals surface area contributed by atoms with Crippen molar-refractivity contribution in [2.75, 3.05) is 6.61 Å². The second kappa shape index (κ2) is 1.97. The maximum atomic E-state index is 5.89. The summed E-state index contributed by atoms with van der Waals surface area (Å²) in [5.41, 5.74) is 0.815. The Morgan fingerprint density at radius 1 is 1.36 bits per heavy atom. The molecule has 3 fully saturated rings. The monoisotopic (exact) mass is 190 g/mol. The first-order valence-corrected chi connectivity index (χ1v) is 6.02. The van der Waals surface area contributed by atoms with Gasteiger partial charge in [-0.2, -0.15) is 0 Å². The smallest absolute Gasteiger partial charge is 0.102 e. The Bertz CT molecular complexity index is 328. The molecule has 1 heterocycles. The first-order valence-electron chi connectivity index (χ1n) is 6.02. The van der Waals surface area contributed by atoms with E-state index < -0.39 is 0 Å². The summed E-state index contributed by atoms with van der Waals surface area (Å²) in [4.78, 5) is 0. The van der Waals surface area contributed by atoms with Gasteiger partial charge in [0.15, 0.2) is 0 Å². The molecule has 1 nitrogen and oxygen atoms in total. The Hall–Kier alpha value is -0.300. The lowest BCUT2D eigenvalue weighted by Gasteiger charge is -2.39. The molecule has 1 aliphatic heterocycles. The van der Waals surface area contributed by atoms with Gasteiger partial charge in [-0.25, -0.2) is 0 Å². The van der Waals surface area contributed by atoms with Crippen molar-refractivity contribution in [3.8, 4) is 0 Å². The molecule has 0 aromatic carbocycles. The fourth-order valence-electron chi connectivity index (χ4n) is 4.92. The van der Waals surface area contributed by atoms with E-state index in [1.165, 1.54) is 12.8 Å². The molecule has 0 N–H and O–H groups in total. The van der Waals surface area contributed by atoms with Crippen LogP contribution in [0.2, 0.25) is 0 Å². The molecule has 0 radical (unpaired) electrons. The zero-order valence-corrected chi connectivity index (χ0v) is 8.99. The lowest BCUT2D eigenvalue weighted by atomic mass is 9.64. The largest absolute Gasteiger partial charge is 0.369 e. The SMILES string of the molecule is C[C@@H]1CC[C@H]2[C@@H]1[C@]1(CO1)[C@@H]1C=C[C@@]12C. The third-order valence-electron chi connectivity index (χ3n) is 5.66. The summed E-state index contributed by atoms with van der Waals surface area (Å²) in [6.07, 6.45) is 7.74. The number of ether oxygens (including phenoxy) is 1. The lowest BCUT2D eigenvalue weighted by molar-refractivity contribution is 0.162. The van der Waals surface area contributed by atoms with Crippen molar-refractivity contribution in [3.05, 3.63) is 12.2 Å². The Morgan fingerprint density at radius 3 is 2.71 bits per heavy atom. The molecule has 0 amide bonds. The van der Waals surface area contributed by atoms with Gasteiger partial charge >= 0.3 is 0 Å². The molecule has 4 rings (SSSR count). The summed E-state index contributed by atoms with van der Waals surface area (Å²) in [7, 11) is 0. The van der Waals surface area contributed by atoms with Gasteiger partial charge in [0.25, 0.3) is 0 Å². The zero-order chi connectivity index (χ0) is 9.55. The average Bonchev–Trinajstić information content (AvgIpc) is 2.76. The van der Waals surface area contributed by atoms with Gasteiger partial charge < -0.3 is 4.74 Å². The average molecular weight is 190 g/mol. The molecule has 2 saturated carbocycles. The third-order valence-corrected chi connectivity index (χ3v) is 5.66. The Labute approximate surface area is 85.5 Å². The molecule has 0 aromatic rings. The molecule has 0 aromatic heterocycles. The molecular weight excluding hydrogens is 172 g/mol. The number of hydrogen-bond donors (Lipinski definition) is 0. The van der Waals surface area contributed by atoms with E-state index in [-0.39, 0.29) is 0 Å². The van der Waals surface area contributed by atoms with Gasteiger partial charge in [-0.3, -0.25) is 0 Å². The van der Waals surface area contributed by atoms with E-state index >= 15 is 0 Å². The van der Waals surface area contributed by atoms with E-state index in [1.807, 2.05) is 0 Å². The van der Waals surface area contributed by atoms with Crippen molar-refractivity contribution in [2.24, 2.45) is 29.1 Å². The van der Waals surface area contributed by atoms with E-state index in [1.54, 1.807) is 0 Å². The van der Waals surface area contributed by atoms with Crippen molar-refractivity contribution in [1.29, 1.82) is 0 Å². The van der Waals surface area contributed by atoms with Gasteiger partial charge in [0, 0.05) is 5.92 Å². The number of hydrogen-bond acceptors (Lipinski definition) is 1. The summed E-state index contributed by atoms with van der Waals surface area (Å²) in [5, 5.41) is 0. The predicted molar refractivity (Wildman–Crippen MR) is 54.8 cm³/mol. The van der Waals surface area contributed by atoms with E-state index in [0.717, 1.165) is 30.3 Å². The van der Waals surface area contributed by atoms with Crippen LogP contribution in [0.4, 0.5) is 0 Å². The highest BCUT2D eigenvalue weighted by atomic mass is 16.6. The summed E-state index contributed by atoms with van der Waals surface area (Å²) in [6.45, 7) is 5.94. The van der Waals surface area contributed by atoms with Crippen molar-refractivity contribution in [2.45, 2.75) is 32.3 Å². The summed E-state index contributed by atoms with van der Waals surface area (Å²) in [6, 6.07) is 0. The van der Waals surface area contributed by atoms with Crippen LogP contribution < -0.4 is 0 Å². The van der Waals surface area contributed by atoms with Gasteiger partial charge in [0.1, 0.15) is 5.60 Å². The van der Waals surface area contributed by atoms with E-state index in [2.05, 4.69) is 26.0 Å². The Balaban J connectivity index is 1.86. The summed E-state index contributed by atoms with van der Waals surface area (Å²) < 4.78 is 5.89. The van der Waals surface area contributed by atoms with Gasteiger partial charge in [0.05, 0.1) is 6.61 Å². The van der Waals surface area contributed by atoms with Gasteiger partial charge in [-0.1, -0.05) is 32.4 Å². The highest BCUT2D eigenvalue weighted by molar-refractivity contribution is 5.35. The highest BCUT2D eigenvalue weighted by Gasteiger charge is 2.74. The normalized spacial score (nSPS) is 67.9. The maximum Gasteiger partial charge on any atom is 0.102 e. The molecule has 6 atom stereocenters. The minimum atomic E-state index is 0.310. The molecule has 14 heavy (non-hydrogen) atoms. The molecule has 0 bridgehead atoms. The van der Waals surface area contributed by atoms with Gasteiger partial charge in [-0.15, -0.1) is 0 Å². The van der Waals surface area contributed by atoms with Crippen LogP contribution in [-0.2, 0) is 4.74 Å². The van der Waals surface area contributed by atoms with E-state index in [4.69, 9.17) is 4.74 Å². The van der Waals surface area contributed by atoms with Crippen LogP contribution in [0.15, 0.2) is 12.2 Å². The quantitative estimate of drug-likeness (QED) is 0.422. The lowest BCUT2D eigenvalue weighted by Crippen LogP contribution is -2.37. The van der Waals surface area contributed by atoms with Crippen LogP contribution in [0.25, 0.3) is 0 Å². The Morgan fingerprint density at radius 2 is 2.14 bits per heavy atom. The second-order valence-corrected chi connectivity index (χ2v) is 6.13. The van der Waals surface area contributed by atoms with Crippen molar-refractivity contribution in [1.82, 2.24) is 0 Å². The molecule has 4 aliphatic rings. The van der Waals surface area contributed by atoms with Crippen molar-refractivity contribution in [3.63, 3.8) is 0 Å². The maximum absolute atomic E-state index is 5.89. The second-order valence-electron chi connectivity index (χ2n) is 6.13. The number of epoxide rings is 1. The molecular formula is C13H18O. The van der Waals surface area contributed by atoms with Crippen LogP contribution >= 0.6 is 0 Å². The summed E-state index contributed by atoms with van der Waals surface area (Å²) >= 11 is 0. The molecule has 3 aliphatic carbocycles. The van der Waals surface area contributed by atoms with Crippen LogP contribution in [0, 0.1) is 29.1 Å².